The number of carbonyl (C=O) groups is 1. The number of hydrogen-bond acceptors (Lipinski definition) is 7. The number of hydrogen-bond donors (Lipinski definition) is 1. The maximum atomic E-state index is 12.6. The highest BCUT2D eigenvalue weighted by Crippen LogP contribution is 2.36. The smallest absolute Gasteiger partial charge is 0.347 e. The van der Waals surface area contributed by atoms with Crippen molar-refractivity contribution in [3.63, 3.8) is 0 Å². The molecule has 3 heterocycles. The van der Waals surface area contributed by atoms with Crippen LogP contribution in [0.15, 0.2) is 27.6 Å². The molecular weight excluding hydrogens is 332 g/mol. The van der Waals surface area contributed by atoms with E-state index in [-0.39, 0.29) is 24.2 Å². The van der Waals surface area contributed by atoms with Gasteiger partial charge in [-0.2, -0.15) is 0 Å². The van der Waals surface area contributed by atoms with Gasteiger partial charge >= 0.3 is 5.69 Å². The van der Waals surface area contributed by atoms with Crippen molar-refractivity contribution in [1.82, 2.24) is 24.5 Å². The summed E-state index contributed by atoms with van der Waals surface area (Å²) in [5.74, 6) is 0.588. The molecule has 1 fully saturated rings. The number of nitrogens with one attached hydrogen (secondary N) is 1. The van der Waals surface area contributed by atoms with Gasteiger partial charge in [-0.3, -0.25) is 14.7 Å². The standard InChI is InChI=1S/C14H14N6O3S/c1-8-16-17-13(24-8)15-11(21)7-19-14(22)20(9-4-5-9)12(18-19)10-3-2-6-23-10/h2-3,6,9H,4-5,7H2,1H3,(H,15,17,21). The van der Waals surface area contributed by atoms with Gasteiger partial charge in [0.1, 0.15) is 11.6 Å². The second-order valence-electron chi connectivity index (χ2n) is 5.52. The van der Waals surface area contributed by atoms with E-state index in [2.05, 4.69) is 20.6 Å². The Morgan fingerprint density at radius 1 is 1.46 bits per heavy atom. The molecule has 1 N–H and O–H groups in total. The lowest BCUT2D eigenvalue weighted by molar-refractivity contribution is -0.117. The number of rotatable bonds is 5. The van der Waals surface area contributed by atoms with E-state index in [1.807, 2.05) is 0 Å². The largest absolute Gasteiger partial charge is 0.461 e. The fourth-order valence-corrected chi connectivity index (χ4v) is 3.01. The summed E-state index contributed by atoms with van der Waals surface area (Å²) < 4.78 is 8.11. The zero-order valence-corrected chi connectivity index (χ0v) is 13.6. The molecule has 1 aliphatic rings. The summed E-state index contributed by atoms with van der Waals surface area (Å²) >= 11 is 1.27. The summed E-state index contributed by atoms with van der Waals surface area (Å²) in [5, 5.41) is 15.7. The Hall–Kier alpha value is -2.75. The van der Waals surface area contributed by atoms with Crippen molar-refractivity contribution >= 4 is 22.4 Å². The van der Waals surface area contributed by atoms with Crippen LogP contribution in [0.2, 0.25) is 0 Å². The average Bonchev–Trinajstić information content (AvgIpc) is 2.95. The molecule has 9 nitrogen and oxygen atoms in total. The van der Waals surface area contributed by atoms with Crippen molar-refractivity contribution in [2.45, 2.75) is 32.4 Å². The van der Waals surface area contributed by atoms with Crippen molar-refractivity contribution in [2.24, 2.45) is 0 Å². The summed E-state index contributed by atoms with van der Waals surface area (Å²) in [6, 6.07) is 3.61. The Labute approximate surface area is 139 Å². The Kier molecular flexibility index (Phi) is 3.53. The first-order valence-electron chi connectivity index (χ1n) is 7.45. The number of anilines is 1. The molecule has 0 radical (unpaired) electrons. The van der Waals surface area contributed by atoms with Crippen LogP contribution in [0.4, 0.5) is 5.13 Å². The van der Waals surface area contributed by atoms with Gasteiger partial charge in [-0.1, -0.05) is 11.3 Å². The maximum Gasteiger partial charge on any atom is 0.347 e. The zero-order chi connectivity index (χ0) is 16.7. The summed E-state index contributed by atoms with van der Waals surface area (Å²) in [6.07, 6.45) is 3.38. The van der Waals surface area contributed by atoms with E-state index >= 15 is 0 Å². The van der Waals surface area contributed by atoms with Crippen molar-refractivity contribution < 1.29 is 9.21 Å². The molecule has 4 rings (SSSR count). The van der Waals surface area contributed by atoms with E-state index < -0.39 is 0 Å². The molecular formula is C14H14N6O3S. The highest BCUT2D eigenvalue weighted by molar-refractivity contribution is 7.15. The minimum atomic E-state index is -0.375. The Bertz CT molecular complexity index is 934. The van der Waals surface area contributed by atoms with Crippen LogP contribution in [0.25, 0.3) is 11.6 Å². The highest BCUT2D eigenvalue weighted by Gasteiger charge is 2.31. The number of amides is 1. The van der Waals surface area contributed by atoms with Crippen LogP contribution in [0.5, 0.6) is 0 Å². The maximum absolute atomic E-state index is 12.6. The molecule has 0 bridgehead atoms. The summed E-state index contributed by atoms with van der Waals surface area (Å²) in [5.41, 5.74) is -0.313. The lowest BCUT2D eigenvalue weighted by Crippen LogP contribution is -2.30. The lowest BCUT2D eigenvalue weighted by atomic mass is 10.4. The minimum absolute atomic E-state index is 0.125. The molecule has 0 atom stereocenters. The first kappa shape index (κ1) is 14.8. The second kappa shape index (κ2) is 5.71. The molecule has 3 aromatic heterocycles. The van der Waals surface area contributed by atoms with E-state index in [0.717, 1.165) is 22.5 Å². The van der Waals surface area contributed by atoms with E-state index in [1.165, 1.54) is 17.6 Å². The van der Waals surface area contributed by atoms with Crippen LogP contribution in [0, 0.1) is 6.92 Å². The minimum Gasteiger partial charge on any atom is -0.461 e. The van der Waals surface area contributed by atoms with Crippen molar-refractivity contribution in [2.75, 3.05) is 5.32 Å². The first-order chi connectivity index (χ1) is 11.6. The Balaban J connectivity index is 1.60. The fraction of sp³-hybridized carbons (Fsp3) is 0.357. The molecule has 1 saturated carbocycles. The van der Waals surface area contributed by atoms with Gasteiger partial charge in [0.15, 0.2) is 5.76 Å². The van der Waals surface area contributed by atoms with E-state index in [9.17, 15) is 9.59 Å². The topological polar surface area (TPSA) is 108 Å². The fourth-order valence-electron chi connectivity index (χ4n) is 2.40. The predicted molar refractivity (Wildman–Crippen MR) is 85.7 cm³/mol. The summed E-state index contributed by atoms with van der Waals surface area (Å²) in [4.78, 5) is 24.7. The number of carbonyl (C=O) groups excluding carboxylic acids is 1. The summed E-state index contributed by atoms with van der Waals surface area (Å²) in [7, 11) is 0. The Morgan fingerprint density at radius 3 is 2.92 bits per heavy atom. The third-order valence-electron chi connectivity index (χ3n) is 3.59. The molecule has 124 valence electrons. The van der Waals surface area contributed by atoms with Gasteiger partial charge in [0.2, 0.25) is 16.9 Å². The molecule has 0 aliphatic heterocycles. The second-order valence-corrected chi connectivity index (χ2v) is 6.70. The SMILES string of the molecule is Cc1nnc(NC(=O)Cn2nc(-c3ccco3)n(C3CC3)c2=O)s1. The molecule has 3 aromatic rings. The van der Waals surface area contributed by atoms with E-state index in [0.29, 0.717) is 16.7 Å². The van der Waals surface area contributed by atoms with Crippen LogP contribution in [0.3, 0.4) is 0 Å². The van der Waals surface area contributed by atoms with Crippen LogP contribution < -0.4 is 11.0 Å². The molecule has 0 spiro atoms. The molecule has 10 heteroatoms. The first-order valence-corrected chi connectivity index (χ1v) is 8.26. The van der Waals surface area contributed by atoms with Crippen molar-refractivity contribution in [1.29, 1.82) is 0 Å². The van der Waals surface area contributed by atoms with Gasteiger partial charge in [-0.15, -0.1) is 15.3 Å². The zero-order valence-electron chi connectivity index (χ0n) is 12.8. The number of nitrogens with zero attached hydrogens (tertiary/aromatic N) is 5. The molecule has 0 unspecified atom stereocenters. The molecule has 1 amide bonds. The lowest BCUT2D eigenvalue weighted by Gasteiger charge is -2.00. The van der Waals surface area contributed by atoms with E-state index in [1.54, 1.807) is 23.6 Å². The normalized spacial score (nSPS) is 14.0. The van der Waals surface area contributed by atoms with Crippen LogP contribution in [-0.2, 0) is 11.3 Å². The van der Waals surface area contributed by atoms with E-state index in [4.69, 9.17) is 4.42 Å². The van der Waals surface area contributed by atoms with Crippen molar-refractivity contribution in [3.05, 3.63) is 33.9 Å². The van der Waals surface area contributed by atoms with Crippen LogP contribution in [-0.4, -0.2) is 30.5 Å². The predicted octanol–water partition coefficient (Wildman–Crippen LogP) is 1.44. The monoisotopic (exact) mass is 346 g/mol. The number of aryl methyl sites for hydroxylation is 1. The van der Waals surface area contributed by atoms with Gasteiger partial charge in [0.25, 0.3) is 0 Å². The van der Waals surface area contributed by atoms with Gasteiger partial charge in [0, 0.05) is 6.04 Å². The van der Waals surface area contributed by atoms with Crippen LogP contribution in [0.1, 0.15) is 23.9 Å². The average molecular weight is 346 g/mol. The highest BCUT2D eigenvalue weighted by atomic mass is 32.1. The molecule has 1 aliphatic carbocycles. The molecule has 0 saturated heterocycles. The van der Waals surface area contributed by atoms with Gasteiger partial charge in [0.05, 0.1) is 6.26 Å². The Morgan fingerprint density at radius 2 is 2.29 bits per heavy atom. The quantitative estimate of drug-likeness (QED) is 0.749. The number of aromatic nitrogens is 5. The third kappa shape index (κ3) is 2.75. The van der Waals surface area contributed by atoms with Gasteiger partial charge in [-0.05, 0) is 31.9 Å². The molecule has 0 aromatic carbocycles. The third-order valence-corrected chi connectivity index (χ3v) is 4.34. The number of furan rings is 1. The van der Waals surface area contributed by atoms with Crippen LogP contribution >= 0.6 is 11.3 Å². The van der Waals surface area contributed by atoms with Crippen molar-refractivity contribution in [3.8, 4) is 11.6 Å². The van der Waals surface area contributed by atoms with Gasteiger partial charge in [-0.25, -0.2) is 9.48 Å². The molecule has 24 heavy (non-hydrogen) atoms. The summed E-state index contributed by atoms with van der Waals surface area (Å²) in [6.45, 7) is 1.61. The van der Waals surface area contributed by atoms with Gasteiger partial charge < -0.3 is 4.42 Å².